The molecule has 8 heteroatoms. The Morgan fingerprint density at radius 1 is 1.17 bits per heavy atom. The molecule has 0 bridgehead atoms. The summed E-state index contributed by atoms with van der Waals surface area (Å²) in [5.41, 5.74) is 1.55. The highest BCUT2D eigenvalue weighted by atomic mass is 16.6. The van der Waals surface area contributed by atoms with E-state index in [1.54, 1.807) is 4.90 Å². The molecule has 2 heterocycles. The molecule has 1 aromatic heterocycles. The van der Waals surface area contributed by atoms with Crippen LogP contribution in [-0.2, 0) is 27.3 Å². The van der Waals surface area contributed by atoms with Gasteiger partial charge in [0.25, 0.3) is 5.89 Å². The fourth-order valence-electron chi connectivity index (χ4n) is 3.20. The summed E-state index contributed by atoms with van der Waals surface area (Å²) in [6, 6.07) is 7.93. The minimum Gasteiger partial charge on any atom is -0.455 e. The molecule has 3 rings (SSSR count). The maximum absolute atomic E-state index is 12.4. The van der Waals surface area contributed by atoms with Gasteiger partial charge in [0.2, 0.25) is 5.82 Å². The number of ether oxygens (including phenoxy) is 2. The average Bonchev–Trinajstić information content (AvgIpc) is 3.20. The van der Waals surface area contributed by atoms with Gasteiger partial charge in [0.15, 0.2) is 6.61 Å². The largest absolute Gasteiger partial charge is 0.455 e. The van der Waals surface area contributed by atoms with Gasteiger partial charge in [-0.2, -0.15) is 4.98 Å². The Labute approximate surface area is 176 Å². The molecule has 0 unspecified atom stereocenters. The van der Waals surface area contributed by atoms with Gasteiger partial charge in [0.05, 0.1) is 5.92 Å². The molecule has 0 spiro atoms. The number of nitrogens with zero attached hydrogens (tertiary/aromatic N) is 3. The van der Waals surface area contributed by atoms with Crippen LogP contribution in [-0.4, -0.2) is 45.8 Å². The van der Waals surface area contributed by atoms with E-state index in [9.17, 15) is 9.59 Å². The molecule has 8 nitrogen and oxygen atoms in total. The Bertz CT molecular complexity index is 862. The lowest BCUT2D eigenvalue weighted by Gasteiger charge is -2.32. The van der Waals surface area contributed by atoms with Crippen molar-refractivity contribution >= 4 is 12.1 Å². The number of hydrogen-bond acceptors (Lipinski definition) is 7. The second-order valence-corrected chi connectivity index (χ2v) is 8.41. The first-order valence-electron chi connectivity index (χ1n) is 10.3. The SMILES string of the molecule is CCc1ccc(-c2noc(COC(=O)C3CCN(C(=O)OC(C)(C)C)CC3)n2)cc1. The summed E-state index contributed by atoms with van der Waals surface area (Å²) in [6.45, 7) is 8.46. The molecule has 0 radical (unpaired) electrons. The fraction of sp³-hybridized carbons (Fsp3) is 0.545. The number of carbonyl (C=O) groups excluding carboxylic acids is 2. The molecule has 30 heavy (non-hydrogen) atoms. The van der Waals surface area contributed by atoms with Crippen LogP contribution in [0.3, 0.4) is 0 Å². The number of esters is 1. The predicted molar refractivity (Wildman–Crippen MR) is 109 cm³/mol. The smallest absolute Gasteiger partial charge is 0.410 e. The number of piperidine rings is 1. The van der Waals surface area contributed by atoms with Crippen molar-refractivity contribution in [2.75, 3.05) is 13.1 Å². The summed E-state index contributed by atoms with van der Waals surface area (Å²) in [4.78, 5) is 30.4. The monoisotopic (exact) mass is 415 g/mol. The summed E-state index contributed by atoms with van der Waals surface area (Å²) in [6.07, 6.45) is 1.69. The number of likely N-dealkylation sites (tertiary alicyclic amines) is 1. The van der Waals surface area contributed by atoms with Gasteiger partial charge in [-0.05, 0) is 45.6 Å². The molecule has 1 aliphatic heterocycles. The second kappa shape index (κ2) is 9.28. The van der Waals surface area contributed by atoms with Crippen LogP contribution < -0.4 is 0 Å². The van der Waals surface area contributed by atoms with Gasteiger partial charge >= 0.3 is 12.1 Å². The number of amides is 1. The van der Waals surface area contributed by atoms with Crippen LogP contribution in [0.1, 0.15) is 52.0 Å². The molecule has 1 aromatic carbocycles. The van der Waals surface area contributed by atoms with Gasteiger partial charge in [0, 0.05) is 18.7 Å². The van der Waals surface area contributed by atoms with Crippen LogP contribution in [0, 0.1) is 5.92 Å². The molecule has 2 aromatic rings. The first-order chi connectivity index (χ1) is 14.2. The van der Waals surface area contributed by atoms with Crippen molar-refractivity contribution in [2.45, 2.75) is 59.2 Å². The van der Waals surface area contributed by atoms with Crippen molar-refractivity contribution in [3.05, 3.63) is 35.7 Å². The highest BCUT2D eigenvalue weighted by Crippen LogP contribution is 2.22. The zero-order chi connectivity index (χ0) is 21.7. The van der Waals surface area contributed by atoms with E-state index in [-0.39, 0.29) is 30.5 Å². The van der Waals surface area contributed by atoms with E-state index in [0.717, 1.165) is 12.0 Å². The molecule has 0 atom stereocenters. The van der Waals surface area contributed by atoms with E-state index in [1.807, 2.05) is 45.0 Å². The van der Waals surface area contributed by atoms with E-state index in [0.29, 0.717) is 31.8 Å². The lowest BCUT2D eigenvalue weighted by atomic mass is 9.97. The van der Waals surface area contributed by atoms with Crippen LogP contribution in [0.2, 0.25) is 0 Å². The standard InChI is InChI=1S/C22H29N3O5/c1-5-15-6-8-16(9-7-15)19-23-18(30-24-19)14-28-20(26)17-10-12-25(13-11-17)21(27)29-22(2,3)4/h6-9,17H,5,10-14H2,1-4H3. The molecule has 1 aliphatic rings. The molecule has 0 saturated carbocycles. The van der Waals surface area contributed by atoms with Gasteiger partial charge in [-0.15, -0.1) is 0 Å². The molecular weight excluding hydrogens is 386 g/mol. The van der Waals surface area contributed by atoms with E-state index < -0.39 is 5.60 Å². The number of benzene rings is 1. The number of aryl methyl sites for hydroxylation is 1. The lowest BCUT2D eigenvalue weighted by Crippen LogP contribution is -2.43. The lowest BCUT2D eigenvalue weighted by molar-refractivity contribution is -0.152. The van der Waals surface area contributed by atoms with E-state index in [1.165, 1.54) is 5.56 Å². The van der Waals surface area contributed by atoms with Crippen LogP contribution >= 0.6 is 0 Å². The van der Waals surface area contributed by atoms with Crippen molar-refractivity contribution in [3.8, 4) is 11.4 Å². The Balaban J connectivity index is 1.46. The molecule has 1 fully saturated rings. The predicted octanol–water partition coefficient (Wildman–Crippen LogP) is 3.99. The number of rotatable bonds is 5. The maximum Gasteiger partial charge on any atom is 0.410 e. The van der Waals surface area contributed by atoms with Gasteiger partial charge in [0.1, 0.15) is 5.60 Å². The molecule has 162 valence electrons. The zero-order valence-corrected chi connectivity index (χ0v) is 18.0. The maximum atomic E-state index is 12.4. The third kappa shape index (κ3) is 5.81. The van der Waals surface area contributed by atoms with Gasteiger partial charge < -0.3 is 18.9 Å². The summed E-state index contributed by atoms with van der Waals surface area (Å²) < 4.78 is 15.9. The molecule has 0 N–H and O–H groups in total. The van der Waals surface area contributed by atoms with Crippen molar-refractivity contribution < 1.29 is 23.6 Å². The first-order valence-corrected chi connectivity index (χ1v) is 10.3. The zero-order valence-electron chi connectivity index (χ0n) is 18.0. The van der Waals surface area contributed by atoms with E-state index in [4.69, 9.17) is 14.0 Å². The van der Waals surface area contributed by atoms with Crippen LogP contribution in [0.25, 0.3) is 11.4 Å². The Morgan fingerprint density at radius 2 is 1.83 bits per heavy atom. The van der Waals surface area contributed by atoms with Crippen molar-refractivity contribution in [2.24, 2.45) is 5.92 Å². The van der Waals surface area contributed by atoms with Gasteiger partial charge in [-0.1, -0.05) is 36.3 Å². The summed E-state index contributed by atoms with van der Waals surface area (Å²) >= 11 is 0. The van der Waals surface area contributed by atoms with Gasteiger partial charge in [-0.3, -0.25) is 4.79 Å². The third-order valence-electron chi connectivity index (χ3n) is 4.91. The molecule has 1 saturated heterocycles. The second-order valence-electron chi connectivity index (χ2n) is 8.41. The minimum absolute atomic E-state index is 0.0643. The van der Waals surface area contributed by atoms with Crippen molar-refractivity contribution in [3.63, 3.8) is 0 Å². The highest BCUT2D eigenvalue weighted by molar-refractivity contribution is 5.73. The van der Waals surface area contributed by atoms with Crippen LogP contribution in [0.4, 0.5) is 4.79 Å². The average molecular weight is 415 g/mol. The summed E-state index contributed by atoms with van der Waals surface area (Å²) in [7, 11) is 0. The quantitative estimate of drug-likeness (QED) is 0.681. The highest BCUT2D eigenvalue weighted by Gasteiger charge is 2.31. The number of carbonyl (C=O) groups is 2. The Hall–Kier alpha value is -2.90. The van der Waals surface area contributed by atoms with E-state index >= 15 is 0 Å². The number of hydrogen-bond donors (Lipinski definition) is 0. The Morgan fingerprint density at radius 3 is 2.43 bits per heavy atom. The van der Waals surface area contributed by atoms with Crippen molar-refractivity contribution in [1.29, 1.82) is 0 Å². The third-order valence-corrected chi connectivity index (χ3v) is 4.91. The summed E-state index contributed by atoms with van der Waals surface area (Å²) in [5, 5.41) is 3.96. The normalized spacial score (nSPS) is 15.1. The topological polar surface area (TPSA) is 94.8 Å². The molecule has 1 amide bonds. The fourth-order valence-corrected chi connectivity index (χ4v) is 3.20. The van der Waals surface area contributed by atoms with Crippen LogP contribution in [0.15, 0.2) is 28.8 Å². The van der Waals surface area contributed by atoms with Gasteiger partial charge in [-0.25, -0.2) is 4.79 Å². The Kier molecular flexibility index (Phi) is 6.74. The first kappa shape index (κ1) is 21.8. The summed E-state index contributed by atoms with van der Waals surface area (Å²) in [5.74, 6) is 0.150. The molecular formula is C22H29N3O5. The van der Waals surface area contributed by atoms with Crippen molar-refractivity contribution in [1.82, 2.24) is 15.0 Å². The van der Waals surface area contributed by atoms with Crippen LogP contribution in [0.5, 0.6) is 0 Å². The molecule has 0 aliphatic carbocycles. The minimum atomic E-state index is -0.534. The number of aromatic nitrogens is 2. The van der Waals surface area contributed by atoms with E-state index in [2.05, 4.69) is 17.1 Å².